The summed E-state index contributed by atoms with van der Waals surface area (Å²) in [5.74, 6) is 0.827. The SMILES string of the molecule is CCc1oc2ccccc2c1C=Nn1c(=S)[nH]c2ccccc2c1=O. The summed E-state index contributed by atoms with van der Waals surface area (Å²) < 4.78 is 7.32. The molecule has 5 nitrogen and oxygen atoms in total. The lowest BCUT2D eigenvalue weighted by Crippen LogP contribution is -2.18. The highest BCUT2D eigenvalue weighted by Crippen LogP contribution is 2.24. The Hall–Kier alpha value is -2.99. The lowest BCUT2D eigenvalue weighted by atomic mass is 10.1. The molecule has 0 unspecified atom stereocenters. The zero-order chi connectivity index (χ0) is 17.4. The van der Waals surface area contributed by atoms with Gasteiger partial charge in [-0.1, -0.05) is 37.3 Å². The van der Waals surface area contributed by atoms with E-state index in [2.05, 4.69) is 10.1 Å². The van der Waals surface area contributed by atoms with Gasteiger partial charge in [0.1, 0.15) is 11.3 Å². The minimum atomic E-state index is -0.249. The van der Waals surface area contributed by atoms with Crippen molar-refractivity contribution in [2.45, 2.75) is 13.3 Å². The van der Waals surface area contributed by atoms with Crippen LogP contribution in [-0.2, 0) is 6.42 Å². The lowest BCUT2D eigenvalue weighted by molar-refractivity contribution is 0.556. The molecule has 25 heavy (non-hydrogen) atoms. The molecule has 4 aromatic rings. The van der Waals surface area contributed by atoms with Crippen LogP contribution < -0.4 is 5.56 Å². The maximum Gasteiger partial charge on any atom is 0.282 e. The molecule has 0 amide bonds. The number of benzene rings is 2. The summed E-state index contributed by atoms with van der Waals surface area (Å²) in [6.45, 7) is 2.02. The molecular formula is C19H15N3O2S. The van der Waals surface area contributed by atoms with Crippen LogP contribution in [0.15, 0.2) is 62.8 Å². The maximum atomic E-state index is 12.7. The van der Waals surface area contributed by atoms with E-state index in [9.17, 15) is 4.79 Å². The number of H-pyrrole nitrogens is 1. The molecule has 2 aromatic heterocycles. The molecule has 0 radical (unpaired) electrons. The van der Waals surface area contributed by atoms with E-state index in [4.69, 9.17) is 16.6 Å². The van der Waals surface area contributed by atoms with Gasteiger partial charge < -0.3 is 9.40 Å². The minimum absolute atomic E-state index is 0.249. The fraction of sp³-hybridized carbons (Fsp3) is 0.105. The highest BCUT2D eigenvalue weighted by Gasteiger charge is 2.11. The summed E-state index contributed by atoms with van der Waals surface area (Å²) in [7, 11) is 0. The standard InChI is InChI=1S/C19H15N3O2S/c1-2-16-14(12-7-4-6-10-17(12)24-16)11-20-22-18(23)13-8-3-5-9-15(13)21-19(22)25/h3-11H,2H2,1H3,(H,21,25). The van der Waals surface area contributed by atoms with Crippen LogP contribution in [0.4, 0.5) is 0 Å². The van der Waals surface area contributed by atoms with Crippen molar-refractivity contribution in [3.63, 3.8) is 0 Å². The number of hydrogen-bond donors (Lipinski definition) is 1. The third kappa shape index (κ3) is 2.60. The van der Waals surface area contributed by atoms with Gasteiger partial charge in [-0.05, 0) is 30.4 Å². The van der Waals surface area contributed by atoms with Crippen molar-refractivity contribution in [3.05, 3.63) is 75.0 Å². The van der Waals surface area contributed by atoms with Crippen molar-refractivity contribution in [2.75, 3.05) is 0 Å². The van der Waals surface area contributed by atoms with E-state index in [-0.39, 0.29) is 10.3 Å². The third-order valence-electron chi connectivity index (χ3n) is 4.12. The Labute approximate surface area is 148 Å². The van der Waals surface area contributed by atoms with Gasteiger partial charge in [0.15, 0.2) is 0 Å². The third-order valence-corrected chi connectivity index (χ3v) is 4.39. The maximum absolute atomic E-state index is 12.7. The number of fused-ring (bicyclic) bond motifs is 2. The van der Waals surface area contributed by atoms with E-state index in [1.54, 1.807) is 12.3 Å². The van der Waals surface area contributed by atoms with Crippen LogP contribution in [0, 0.1) is 4.77 Å². The van der Waals surface area contributed by atoms with Gasteiger partial charge in [-0.15, -0.1) is 0 Å². The first-order chi connectivity index (χ1) is 12.2. The van der Waals surface area contributed by atoms with Gasteiger partial charge in [-0.25, -0.2) is 0 Å². The molecule has 2 heterocycles. The van der Waals surface area contributed by atoms with Crippen molar-refractivity contribution < 1.29 is 4.42 Å². The van der Waals surface area contributed by atoms with E-state index in [0.29, 0.717) is 10.9 Å². The molecule has 124 valence electrons. The highest BCUT2D eigenvalue weighted by molar-refractivity contribution is 7.71. The van der Waals surface area contributed by atoms with Gasteiger partial charge in [0.25, 0.3) is 5.56 Å². The second kappa shape index (κ2) is 6.14. The fourth-order valence-corrected chi connectivity index (χ4v) is 3.13. The smallest absolute Gasteiger partial charge is 0.282 e. The van der Waals surface area contributed by atoms with Crippen molar-refractivity contribution in [1.82, 2.24) is 9.66 Å². The number of rotatable bonds is 3. The number of furan rings is 1. The Morgan fingerprint density at radius 1 is 1.16 bits per heavy atom. The average molecular weight is 349 g/mol. The predicted octanol–water partition coefficient (Wildman–Crippen LogP) is 4.25. The van der Waals surface area contributed by atoms with Gasteiger partial charge in [0.05, 0.1) is 17.1 Å². The lowest BCUT2D eigenvalue weighted by Gasteiger charge is -2.02. The Bertz CT molecular complexity index is 1230. The monoisotopic (exact) mass is 349 g/mol. The molecule has 0 atom stereocenters. The number of hydrogen-bond acceptors (Lipinski definition) is 4. The summed E-state index contributed by atoms with van der Waals surface area (Å²) in [5.41, 5.74) is 2.12. The molecule has 6 heteroatoms. The van der Waals surface area contributed by atoms with Gasteiger partial charge in [0, 0.05) is 17.4 Å². The topological polar surface area (TPSA) is 63.3 Å². The van der Waals surface area contributed by atoms with Crippen LogP contribution in [0.25, 0.3) is 21.9 Å². The Morgan fingerprint density at radius 2 is 1.88 bits per heavy atom. The van der Waals surface area contributed by atoms with Gasteiger partial charge >= 0.3 is 0 Å². The molecule has 0 aliphatic heterocycles. The first kappa shape index (κ1) is 15.5. The number of para-hydroxylation sites is 2. The molecule has 0 bridgehead atoms. The zero-order valence-corrected chi connectivity index (χ0v) is 14.3. The largest absolute Gasteiger partial charge is 0.460 e. The van der Waals surface area contributed by atoms with Crippen LogP contribution in [0.1, 0.15) is 18.2 Å². The van der Waals surface area contributed by atoms with Crippen LogP contribution in [0.5, 0.6) is 0 Å². The summed E-state index contributed by atoms with van der Waals surface area (Å²) in [4.78, 5) is 15.7. The predicted molar refractivity (Wildman–Crippen MR) is 102 cm³/mol. The number of nitrogens with one attached hydrogen (secondary N) is 1. The Balaban J connectivity index is 1.90. The molecule has 0 saturated carbocycles. The molecule has 0 aliphatic carbocycles. The molecule has 2 aromatic carbocycles. The summed E-state index contributed by atoms with van der Waals surface area (Å²) in [6.07, 6.45) is 2.37. The normalized spacial score (nSPS) is 11.7. The molecular weight excluding hydrogens is 334 g/mol. The van der Waals surface area contributed by atoms with Crippen LogP contribution in [0.3, 0.4) is 0 Å². The number of nitrogens with zero attached hydrogens (tertiary/aromatic N) is 2. The van der Waals surface area contributed by atoms with Gasteiger partial charge in [0.2, 0.25) is 4.77 Å². The highest BCUT2D eigenvalue weighted by atomic mass is 32.1. The summed E-state index contributed by atoms with van der Waals surface area (Å²) >= 11 is 5.29. The number of aromatic nitrogens is 2. The van der Waals surface area contributed by atoms with Crippen molar-refractivity contribution in [3.8, 4) is 0 Å². The minimum Gasteiger partial charge on any atom is -0.460 e. The van der Waals surface area contributed by atoms with E-state index >= 15 is 0 Å². The zero-order valence-electron chi connectivity index (χ0n) is 13.5. The van der Waals surface area contributed by atoms with Crippen LogP contribution in [-0.4, -0.2) is 15.9 Å². The van der Waals surface area contributed by atoms with E-state index in [1.807, 2.05) is 49.4 Å². The summed E-state index contributed by atoms with van der Waals surface area (Å²) in [5, 5.41) is 5.85. The number of aromatic amines is 1. The van der Waals surface area contributed by atoms with E-state index in [0.717, 1.165) is 28.7 Å². The van der Waals surface area contributed by atoms with Crippen molar-refractivity contribution >= 4 is 40.3 Å². The van der Waals surface area contributed by atoms with E-state index < -0.39 is 0 Å². The second-order valence-corrected chi connectivity index (χ2v) is 6.01. The first-order valence-electron chi connectivity index (χ1n) is 7.98. The molecule has 0 aliphatic rings. The molecule has 0 fully saturated rings. The Morgan fingerprint density at radius 3 is 2.68 bits per heavy atom. The van der Waals surface area contributed by atoms with Crippen LogP contribution >= 0.6 is 12.2 Å². The van der Waals surface area contributed by atoms with Gasteiger partial charge in [-0.3, -0.25) is 4.79 Å². The van der Waals surface area contributed by atoms with E-state index in [1.165, 1.54) is 4.68 Å². The first-order valence-corrected chi connectivity index (χ1v) is 8.38. The number of aryl methyl sites for hydroxylation is 1. The quantitative estimate of drug-likeness (QED) is 0.444. The molecule has 0 saturated heterocycles. The second-order valence-electron chi connectivity index (χ2n) is 5.63. The van der Waals surface area contributed by atoms with Crippen molar-refractivity contribution in [1.29, 1.82) is 0 Å². The summed E-state index contributed by atoms with van der Waals surface area (Å²) in [6, 6.07) is 15.0. The molecule has 0 spiro atoms. The average Bonchev–Trinajstić information content (AvgIpc) is 2.99. The van der Waals surface area contributed by atoms with Crippen molar-refractivity contribution in [2.24, 2.45) is 5.10 Å². The van der Waals surface area contributed by atoms with Crippen LogP contribution in [0.2, 0.25) is 0 Å². The van der Waals surface area contributed by atoms with Gasteiger partial charge in [-0.2, -0.15) is 9.78 Å². The fourth-order valence-electron chi connectivity index (χ4n) is 2.89. The molecule has 4 rings (SSSR count). The Kier molecular flexibility index (Phi) is 3.82. The molecule has 1 N–H and O–H groups in total.